The average molecular weight is 551 g/mol. The monoisotopic (exact) mass is 551 g/mol. The van der Waals surface area contributed by atoms with Gasteiger partial charge in [-0.15, -0.1) is 0 Å². The highest BCUT2D eigenvalue weighted by Gasteiger charge is 2.73. The highest BCUT2D eigenvalue weighted by molar-refractivity contribution is 5.20. The normalized spacial score (nSPS) is 60.0. The molecule has 6 aliphatic rings. The quantitative estimate of drug-likeness (QED) is 0.328. The molecular weight excluding hydrogens is 480 g/mol. The van der Waals surface area contributed by atoms with E-state index in [1.165, 1.54) is 25.7 Å². The van der Waals surface area contributed by atoms with Crippen LogP contribution in [0.1, 0.15) is 147 Å². The Labute approximate surface area is 251 Å². The van der Waals surface area contributed by atoms with Crippen molar-refractivity contribution < 1.29 is 0 Å². The lowest BCUT2D eigenvalue weighted by molar-refractivity contribution is -0.294. The van der Waals surface area contributed by atoms with E-state index in [2.05, 4.69) is 76.2 Å². The molecule has 0 amide bonds. The molecule has 6 aliphatic carbocycles. The molecular formula is C40H70. The first-order valence-electron chi connectivity index (χ1n) is 18.8. The van der Waals surface area contributed by atoms with Crippen molar-refractivity contribution in [3.8, 4) is 0 Å². The Morgan fingerprint density at radius 2 is 1.40 bits per heavy atom. The van der Waals surface area contributed by atoms with Crippen molar-refractivity contribution in [2.75, 3.05) is 0 Å². The third-order valence-electron chi connectivity index (χ3n) is 17.8. The molecule has 0 saturated heterocycles. The predicted molar refractivity (Wildman–Crippen MR) is 173 cm³/mol. The van der Waals surface area contributed by atoms with Gasteiger partial charge in [0.2, 0.25) is 0 Å². The van der Waals surface area contributed by atoms with E-state index < -0.39 is 0 Å². The minimum atomic E-state index is 0.434. The van der Waals surface area contributed by atoms with Crippen molar-refractivity contribution in [1.29, 1.82) is 0 Å². The minimum Gasteiger partial charge on any atom is -0.0625 e. The van der Waals surface area contributed by atoms with Gasteiger partial charge in [0.25, 0.3) is 0 Å². The molecule has 0 spiro atoms. The summed E-state index contributed by atoms with van der Waals surface area (Å²) in [5.74, 6) is 13.8. The third-order valence-corrected chi connectivity index (χ3v) is 17.8. The van der Waals surface area contributed by atoms with Gasteiger partial charge in [0, 0.05) is 0 Å². The lowest BCUT2D eigenvalue weighted by Gasteiger charge is -2.77. The Balaban J connectivity index is 1.43. The zero-order valence-electron chi connectivity index (χ0n) is 28.9. The SMILES string of the molecule is CC(C)C1C(C)CC2(C)C(C)C3(C)C(CC4CCC5CCCC5C4)C4CCCC(C)C4C(C)C3C(C)C2(C)C1C. The number of hydrogen-bond acceptors (Lipinski definition) is 0. The van der Waals surface area contributed by atoms with Crippen molar-refractivity contribution in [2.24, 2.45) is 105 Å². The van der Waals surface area contributed by atoms with E-state index in [1.807, 2.05) is 0 Å². The van der Waals surface area contributed by atoms with Gasteiger partial charge in [-0.05, 0) is 137 Å². The van der Waals surface area contributed by atoms with Crippen LogP contribution in [0.4, 0.5) is 0 Å². The molecule has 0 aliphatic heterocycles. The lowest BCUT2D eigenvalue weighted by Crippen LogP contribution is -2.72. The summed E-state index contributed by atoms with van der Waals surface area (Å²) in [5.41, 5.74) is 1.36. The molecule has 17 atom stereocenters. The van der Waals surface area contributed by atoms with Crippen molar-refractivity contribution in [3.63, 3.8) is 0 Å². The first-order valence-corrected chi connectivity index (χ1v) is 18.8. The highest BCUT2D eigenvalue weighted by atomic mass is 14.8. The number of rotatable bonds is 3. The molecule has 0 heteroatoms. The van der Waals surface area contributed by atoms with Gasteiger partial charge in [0.1, 0.15) is 0 Å². The molecule has 230 valence electrons. The van der Waals surface area contributed by atoms with Gasteiger partial charge in [0.15, 0.2) is 0 Å². The van der Waals surface area contributed by atoms with Crippen molar-refractivity contribution in [2.45, 2.75) is 147 Å². The fraction of sp³-hybridized carbons (Fsp3) is 1.00. The summed E-state index contributed by atoms with van der Waals surface area (Å²) in [4.78, 5) is 0. The van der Waals surface area contributed by atoms with E-state index in [9.17, 15) is 0 Å². The summed E-state index contributed by atoms with van der Waals surface area (Å²) in [5, 5.41) is 0. The van der Waals surface area contributed by atoms with E-state index >= 15 is 0 Å². The second-order valence-electron chi connectivity index (χ2n) is 18.9. The minimum absolute atomic E-state index is 0.434. The summed E-state index contributed by atoms with van der Waals surface area (Å²) < 4.78 is 0. The predicted octanol–water partition coefficient (Wildman–Crippen LogP) is 11.8. The Bertz CT molecular complexity index is 917. The zero-order valence-corrected chi connectivity index (χ0v) is 28.9. The van der Waals surface area contributed by atoms with Crippen LogP contribution in [0.5, 0.6) is 0 Å². The zero-order chi connectivity index (χ0) is 28.9. The molecule has 0 radical (unpaired) electrons. The Morgan fingerprint density at radius 3 is 2.10 bits per heavy atom. The molecule has 0 aromatic rings. The van der Waals surface area contributed by atoms with Crippen LogP contribution in [0, 0.1) is 105 Å². The van der Waals surface area contributed by atoms with Gasteiger partial charge in [-0.2, -0.15) is 0 Å². The molecule has 40 heavy (non-hydrogen) atoms. The molecule has 0 heterocycles. The summed E-state index contributed by atoms with van der Waals surface area (Å²) in [6.07, 6.45) is 17.0. The van der Waals surface area contributed by atoms with Crippen LogP contribution in [0.15, 0.2) is 0 Å². The standard InChI is InChI=1S/C40H70/c1-23(2)35-25(4)22-38(9)29(8)39(10)34(21-30-18-19-31-15-13-16-32(31)20-30)33-17-12-14-24(3)36(33)26(5)37(39)28(7)40(38,11)27(35)6/h23-37H,12-22H2,1-11H3. The molecule has 6 fully saturated rings. The number of fused-ring (bicyclic) bond motifs is 4. The van der Waals surface area contributed by atoms with Crippen molar-refractivity contribution in [3.05, 3.63) is 0 Å². The second-order valence-corrected chi connectivity index (χ2v) is 18.9. The topological polar surface area (TPSA) is 0 Å². The summed E-state index contributed by atoms with van der Waals surface area (Å²) in [6.45, 7) is 30.1. The highest BCUT2D eigenvalue weighted by Crippen LogP contribution is 2.78. The van der Waals surface area contributed by atoms with E-state index in [0.717, 1.165) is 88.8 Å². The van der Waals surface area contributed by atoms with Gasteiger partial charge in [-0.3, -0.25) is 0 Å². The van der Waals surface area contributed by atoms with E-state index in [4.69, 9.17) is 0 Å². The van der Waals surface area contributed by atoms with Crippen LogP contribution in [0.25, 0.3) is 0 Å². The molecule has 17 unspecified atom stereocenters. The van der Waals surface area contributed by atoms with Crippen LogP contribution in [0.2, 0.25) is 0 Å². The first-order chi connectivity index (χ1) is 18.8. The first kappa shape index (κ1) is 30.0. The van der Waals surface area contributed by atoms with Gasteiger partial charge in [0.05, 0.1) is 0 Å². The summed E-state index contributed by atoms with van der Waals surface area (Å²) >= 11 is 0. The van der Waals surface area contributed by atoms with Gasteiger partial charge >= 0.3 is 0 Å². The van der Waals surface area contributed by atoms with E-state index in [0.29, 0.717) is 16.2 Å². The maximum absolute atomic E-state index is 2.92. The van der Waals surface area contributed by atoms with Crippen LogP contribution in [0.3, 0.4) is 0 Å². The molecule has 0 nitrogen and oxygen atoms in total. The maximum atomic E-state index is 2.92. The smallest absolute Gasteiger partial charge is 0.0212 e. The van der Waals surface area contributed by atoms with Gasteiger partial charge in [-0.25, -0.2) is 0 Å². The molecule has 0 bridgehead atoms. The Morgan fingerprint density at radius 1 is 0.725 bits per heavy atom. The van der Waals surface area contributed by atoms with E-state index in [1.54, 1.807) is 44.9 Å². The molecule has 0 aromatic carbocycles. The van der Waals surface area contributed by atoms with Gasteiger partial charge < -0.3 is 0 Å². The largest absolute Gasteiger partial charge is 0.0625 e. The summed E-state index contributed by atoms with van der Waals surface area (Å²) in [7, 11) is 0. The molecule has 0 aromatic heterocycles. The summed E-state index contributed by atoms with van der Waals surface area (Å²) in [6, 6.07) is 0. The Kier molecular flexibility index (Phi) is 7.72. The second kappa shape index (κ2) is 10.3. The molecule has 6 rings (SSSR count). The van der Waals surface area contributed by atoms with Crippen molar-refractivity contribution in [1.82, 2.24) is 0 Å². The van der Waals surface area contributed by atoms with Crippen molar-refractivity contribution >= 4 is 0 Å². The molecule has 6 saturated carbocycles. The van der Waals surface area contributed by atoms with Crippen LogP contribution in [-0.2, 0) is 0 Å². The van der Waals surface area contributed by atoms with Crippen LogP contribution in [-0.4, -0.2) is 0 Å². The number of hydrogen-bond donors (Lipinski definition) is 0. The van der Waals surface area contributed by atoms with E-state index in [-0.39, 0.29) is 0 Å². The Hall–Kier alpha value is 0. The maximum Gasteiger partial charge on any atom is -0.0212 e. The fourth-order valence-corrected chi connectivity index (χ4v) is 16.1. The average Bonchev–Trinajstić information content (AvgIpc) is 3.36. The van der Waals surface area contributed by atoms with Crippen LogP contribution >= 0.6 is 0 Å². The molecule has 0 N–H and O–H groups in total. The van der Waals surface area contributed by atoms with Crippen LogP contribution < -0.4 is 0 Å². The fourth-order valence-electron chi connectivity index (χ4n) is 16.1. The lowest BCUT2D eigenvalue weighted by atomic mass is 9.27. The third kappa shape index (κ3) is 3.93. The van der Waals surface area contributed by atoms with Gasteiger partial charge in [-0.1, -0.05) is 115 Å².